The molecule has 3 nitrogen and oxygen atoms in total. The zero-order valence-corrected chi connectivity index (χ0v) is 15.9. The van der Waals surface area contributed by atoms with Crippen molar-refractivity contribution in [2.75, 3.05) is 0 Å². The lowest BCUT2D eigenvalue weighted by molar-refractivity contribution is 1.27. The molecular formula is C24H23N3. The second kappa shape index (κ2) is 8.86. The van der Waals surface area contributed by atoms with E-state index >= 15 is 0 Å². The molecule has 0 aliphatic carbocycles. The fourth-order valence-electron chi connectivity index (χ4n) is 2.77. The zero-order chi connectivity index (χ0) is 19.1. The summed E-state index contributed by atoms with van der Waals surface area (Å²) >= 11 is 0. The third kappa shape index (κ3) is 4.45. The maximum atomic E-state index is 4.87. The summed E-state index contributed by atoms with van der Waals surface area (Å²) in [6, 6.07) is 20.6. The Labute approximate surface area is 160 Å². The van der Waals surface area contributed by atoms with Gasteiger partial charge in [0.2, 0.25) is 0 Å². The minimum atomic E-state index is 0.907. The minimum absolute atomic E-state index is 0.907. The van der Waals surface area contributed by atoms with E-state index in [2.05, 4.69) is 59.4 Å². The van der Waals surface area contributed by atoms with Crippen LogP contribution in [0.2, 0.25) is 0 Å². The highest BCUT2D eigenvalue weighted by Crippen LogP contribution is 2.29. The van der Waals surface area contributed by atoms with E-state index in [1.54, 1.807) is 12.4 Å². The quantitative estimate of drug-likeness (QED) is 0.440. The van der Waals surface area contributed by atoms with Crippen LogP contribution in [0.25, 0.3) is 33.6 Å². The van der Waals surface area contributed by atoms with E-state index in [9.17, 15) is 0 Å². The van der Waals surface area contributed by atoms with Gasteiger partial charge >= 0.3 is 0 Å². The van der Waals surface area contributed by atoms with E-state index < -0.39 is 0 Å². The molecule has 0 radical (unpaired) electrons. The molecule has 0 aliphatic rings. The first-order valence-corrected chi connectivity index (χ1v) is 9.19. The largest absolute Gasteiger partial charge is 0.264 e. The van der Waals surface area contributed by atoms with Crippen molar-refractivity contribution >= 4 is 0 Å². The van der Waals surface area contributed by atoms with E-state index in [-0.39, 0.29) is 0 Å². The summed E-state index contributed by atoms with van der Waals surface area (Å²) in [4.78, 5) is 13.3. The van der Waals surface area contributed by atoms with Gasteiger partial charge in [0.15, 0.2) is 0 Å². The molecule has 0 N–H and O–H groups in total. The van der Waals surface area contributed by atoms with Gasteiger partial charge in [-0.3, -0.25) is 9.97 Å². The van der Waals surface area contributed by atoms with Gasteiger partial charge < -0.3 is 0 Å². The summed E-state index contributed by atoms with van der Waals surface area (Å²) in [6.45, 7) is 6.09. The molecule has 0 saturated heterocycles. The number of benzene rings is 1. The molecule has 0 atom stereocenters. The van der Waals surface area contributed by atoms with Crippen LogP contribution in [0, 0.1) is 6.92 Å². The van der Waals surface area contributed by atoms with Crippen LogP contribution >= 0.6 is 0 Å². The van der Waals surface area contributed by atoms with Crippen molar-refractivity contribution in [3.05, 3.63) is 91.0 Å². The Morgan fingerprint density at radius 1 is 0.593 bits per heavy atom. The molecule has 3 heteroatoms. The number of hydrogen-bond acceptors (Lipinski definition) is 3. The van der Waals surface area contributed by atoms with E-state index in [0.29, 0.717) is 0 Å². The monoisotopic (exact) mass is 353 g/mol. The van der Waals surface area contributed by atoms with Gasteiger partial charge in [-0.05, 0) is 42.8 Å². The Hall–Kier alpha value is -3.33. The molecule has 3 heterocycles. The Kier molecular flexibility index (Phi) is 6.06. The molecule has 0 bridgehead atoms. The lowest BCUT2D eigenvalue weighted by Gasteiger charge is -2.10. The van der Waals surface area contributed by atoms with Crippen molar-refractivity contribution in [2.24, 2.45) is 0 Å². The Morgan fingerprint density at radius 2 is 1.15 bits per heavy atom. The summed E-state index contributed by atoms with van der Waals surface area (Å²) in [6.07, 6.45) is 7.28. The third-order valence-electron chi connectivity index (χ3n) is 4.12. The van der Waals surface area contributed by atoms with Gasteiger partial charge in [0.25, 0.3) is 0 Å². The molecule has 0 amide bonds. The van der Waals surface area contributed by atoms with Gasteiger partial charge in [-0.2, -0.15) is 0 Å². The van der Waals surface area contributed by atoms with Gasteiger partial charge in [-0.25, -0.2) is 4.98 Å². The first-order chi connectivity index (χ1) is 13.3. The van der Waals surface area contributed by atoms with Crippen LogP contribution in [-0.2, 0) is 0 Å². The topological polar surface area (TPSA) is 38.7 Å². The molecule has 0 fully saturated rings. The fourth-order valence-corrected chi connectivity index (χ4v) is 2.77. The summed E-state index contributed by atoms with van der Waals surface area (Å²) in [5.41, 5.74) is 7.36. The first-order valence-electron chi connectivity index (χ1n) is 9.19. The number of aryl methyl sites for hydroxylation is 1. The number of pyridine rings is 3. The minimum Gasteiger partial charge on any atom is -0.264 e. The fraction of sp³-hybridized carbons (Fsp3) is 0.125. The standard InChI is InChI=1S/C22H17N3.C2H6/c1-16-6-8-17(9-7-16)21-12-20(18-4-2-10-23-14-18)13-22(25-21)19-5-3-11-24-15-19;1-2/h2-15H,1H3;1-2H3. The molecule has 0 saturated carbocycles. The average Bonchev–Trinajstić information content (AvgIpc) is 2.76. The lowest BCUT2D eigenvalue weighted by Crippen LogP contribution is -1.92. The highest BCUT2D eigenvalue weighted by molar-refractivity contribution is 5.76. The predicted molar refractivity (Wildman–Crippen MR) is 112 cm³/mol. The predicted octanol–water partition coefficient (Wildman–Crippen LogP) is 6.21. The van der Waals surface area contributed by atoms with Gasteiger partial charge in [0.1, 0.15) is 0 Å². The summed E-state index contributed by atoms with van der Waals surface area (Å²) in [7, 11) is 0. The second-order valence-corrected chi connectivity index (χ2v) is 5.98. The second-order valence-electron chi connectivity index (χ2n) is 5.98. The van der Waals surface area contributed by atoms with E-state index in [0.717, 1.165) is 33.6 Å². The van der Waals surface area contributed by atoms with Gasteiger partial charge in [0.05, 0.1) is 11.4 Å². The average molecular weight is 353 g/mol. The Bertz CT molecular complexity index is 921. The normalized spacial score (nSPS) is 10.0. The SMILES string of the molecule is CC.Cc1ccc(-c2cc(-c3cccnc3)cc(-c3cccnc3)n2)cc1. The third-order valence-corrected chi connectivity index (χ3v) is 4.12. The van der Waals surface area contributed by atoms with Crippen molar-refractivity contribution in [1.82, 2.24) is 15.0 Å². The molecule has 0 spiro atoms. The summed E-state index contributed by atoms with van der Waals surface area (Å²) < 4.78 is 0. The van der Waals surface area contributed by atoms with Crippen LogP contribution in [0.1, 0.15) is 19.4 Å². The molecule has 3 aromatic heterocycles. The van der Waals surface area contributed by atoms with Crippen LogP contribution < -0.4 is 0 Å². The highest BCUT2D eigenvalue weighted by Gasteiger charge is 2.09. The number of rotatable bonds is 3. The summed E-state index contributed by atoms with van der Waals surface area (Å²) in [5.74, 6) is 0. The van der Waals surface area contributed by atoms with Crippen LogP contribution in [0.15, 0.2) is 85.5 Å². The van der Waals surface area contributed by atoms with Crippen LogP contribution in [0.3, 0.4) is 0 Å². The molecular weight excluding hydrogens is 330 g/mol. The zero-order valence-electron chi connectivity index (χ0n) is 15.9. The van der Waals surface area contributed by atoms with Crippen LogP contribution in [0.4, 0.5) is 0 Å². The van der Waals surface area contributed by atoms with Crippen molar-refractivity contribution in [1.29, 1.82) is 0 Å². The maximum Gasteiger partial charge on any atom is 0.0731 e. The number of aromatic nitrogens is 3. The Balaban J connectivity index is 0.00000102. The molecule has 134 valence electrons. The van der Waals surface area contributed by atoms with Crippen LogP contribution in [0.5, 0.6) is 0 Å². The van der Waals surface area contributed by atoms with Gasteiger partial charge in [-0.1, -0.05) is 49.7 Å². The Morgan fingerprint density at radius 3 is 1.70 bits per heavy atom. The lowest BCUT2D eigenvalue weighted by atomic mass is 10.0. The van der Waals surface area contributed by atoms with E-state index in [4.69, 9.17) is 4.98 Å². The molecule has 0 unspecified atom stereocenters. The number of nitrogens with zero attached hydrogens (tertiary/aromatic N) is 3. The van der Waals surface area contributed by atoms with Crippen molar-refractivity contribution < 1.29 is 0 Å². The smallest absolute Gasteiger partial charge is 0.0731 e. The van der Waals surface area contributed by atoms with Gasteiger partial charge in [-0.15, -0.1) is 0 Å². The van der Waals surface area contributed by atoms with Gasteiger partial charge in [0, 0.05) is 41.5 Å². The maximum absolute atomic E-state index is 4.87. The van der Waals surface area contributed by atoms with Crippen molar-refractivity contribution in [3.8, 4) is 33.6 Å². The van der Waals surface area contributed by atoms with E-state index in [1.165, 1.54) is 5.56 Å². The molecule has 4 aromatic rings. The number of hydrogen-bond donors (Lipinski definition) is 0. The molecule has 4 rings (SSSR count). The van der Waals surface area contributed by atoms with Crippen molar-refractivity contribution in [2.45, 2.75) is 20.8 Å². The molecule has 0 aliphatic heterocycles. The van der Waals surface area contributed by atoms with Crippen molar-refractivity contribution in [3.63, 3.8) is 0 Å². The van der Waals surface area contributed by atoms with Crippen LogP contribution in [-0.4, -0.2) is 15.0 Å². The first kappa shape index (κ1) is 18.5. The summed E-state index contributed by atoms with van der Waals surface area (Å²) in [5, 5.41) is 0. The highest BCUT2D eigenvalue weighted by atomic mass is 14.7. The molecule has 1 aromatic carbocycles. The van der Waals surface area contributed by atoms with E-state index in [1.807, 2.05) is 44.4 Å². The molecule has 27 heavy (non-hydrogen) atoms.